The number of carbonyl (C=O) groups excluding carboxylic acids is 1. The lowest BCUT2D eigenvalue weighted by Gasteiger charge is -2.25. The molecule has 132 valence electrons. The Morgan fingerprint density at radius 3 is 2.83 bits per heavy atom. The normalized spacial score (nSPS) is 16.8. The van der Waals surface area contributed by atoms with Crippen LogP contribution >= 0.6 is 0 Å². The number of ether oxygens (including phenoxy) is 2. The number of amides is 1. The first kappa shape index (κ1) is 18.2. The zero-order chi connectivity index (χ0) is 17.5. The molecule has 1 aliphatic heterocycles. The molecule has 0 aliphatic carbocycles. The fourth-order valence-electron chi connectivity index (χ4n) is 2.69. The van der Waals surface area contributed by atoms with Crippen LogP contribution in [0.5, 0.6) is 5.75 Å². The first-order valence-corrected chi connectivity index (χ1v) is 7.93. The van der Waals surface area contributed by atoms with Gasteiger partial charge in [-0.1, -0.05) is 6.07 Å². The Kier molecular flexibility index (Phi) is 6.54. The molecule has 2 rings (SSSR count). The van der Waals surface area contributed by atoms with Crippen LogP contribution in [0.2, 0.25) is 0 Å². The number of halogens is 1. The summed E-state index contributed by atoms with van der Waals surface area (Å²) in [6, 6.07) is 4.36. The molecule has 6 nitrogen and oxygen atoms in total. The number of methoxy groups -OCH3 is 1. The van der Waals surface area contributed by atoms with Crippen molar-refractivity contribution in [3.63, 3.8) is 0 Å². The maximum absolute atomic E-state index is 13.7. The van der Waals surface area contributed by atoms with Gasteiger partial charge in [0, 0.05) is 19.7 Å². The third-order valence-corrected chi connectivity index (χ3v) is 3.97. The minimum absolute atomic E-state index is 0.00720. The van der Waals surface area contributed by atoms with E-state index in [0.717, 1.165) is 12.8 Å². The van der Waals surface area contributed by atoms with Crippen LogP contribution < -0.4 is 4.74 Å². The van der Waals surface area contributed by atoms with Crippen molar-refractivity contribution >= 4 is 11.9 Å². The van der Waals surface area contributed by atoms with E-state index in [0.29, 0.717) is 18.7 Å². The average molecular weight is 339 g/mol. The molecule has 24 heavy (non-hydrogen) atoms. The van der Waals surface area contributed by atoms with Crippen LogP contribution in [0.4, 0.5) is 4.39 Å². The summed E-state index contributed by atoms with van der Waals surface area (Å²) in [7, 11) is 1.37. The van der Waals surface area contributed by atoms with Crippen molar-refractivity contribution in [2.75, 3.05) is 26.8 Å². The molecule has 1 amide bonds. The van der Waals surface area contributed by atoms with Gasteiger partial charge < -0.3 is 19.5 Å². The summed E-state index contributed by atoms with van der Waals surface area (Å²) >= 11 is 0. The first-order chi connectivity index (χ1) is 11.5. The van der Waals surface area contributed by atoms with Gasteiger partial charge in [-0.3, -0.25) is 9.59 Å². The predicted molar refractivity (Wildman–Crippen MR) is 84.5 cm³/mol. The van der Waals surface area contributed by atoms with E-state index < -0.39 is 11.8 Å². The van der Waals surface area contributed by atoms with Crippen LogP contribution in [0, 0.1) is 5.82 Å². The Hall–Kier alpha value is -2.15. The summed E-state index contributed by atoms with van der Waals surface area (Å²) in [6.07, 6.45) is 1.61. The summed E-state index contributed by atoms with van der Waals surface area (Å²) in [4.78, 5) is 24.8. The summed E-state index contributed by atoms with van der Waals surface area (Å²) in [5.74, 6) is -1.61. The van der Waals surface area contributed by atoms with Gasteiger partial charge in [-0.05, 0) is 30.5 Å². The van der Waals surface area contributed by atoms with E-state index in [-0.39, 0.29) is 37.1 Å². The van der Waals surface area contributed by atoms with E-state index in [4.69, 9.17) is 14.6 Å². The number of carboxylic acid groups (broad SMARTS) is 1. The molecule has 1 N–H and O–H groups in total. The predicted octanol–water partition coefficient (Wildman–Crippen LogP) is 1.86. The second kappa shape index (κ2) is 8.63. The van der Waals surface area contributed by atoms with Gasteiger partial charge in [0.05, 0.1) is 26.1 Å². The quantitative estimate of drug-likeness (QED) is 0.782. The number of aliphatic carboxylic acids is 1. The molecule has 1 fully saturated rings. The monoisotopic (exact) mass is 339 g/mol. The van der Waals surface area contributed by atoms with Crippen LogP contribution in [-0.4, -0.2) is 54.8 Å². The highest BCUT2D eigenvalue weighted by Gasteiger charge is 2.23. The lowest BCUT2D eigenvalue weighted by molar-refractivity contribution is -0.139. The van der Waals surface area contributed by atoms with Crippen LogP contribution in [0.15, 0.2) is 18.2 Å². The summed E-state index contributed by atoms with van der Waals surface area (Å²) in [5.41, 5.74) is 0.519. The topological polar surface area (TPSA) is 76.1 Å². The summed E-state index contributed by atoms with van der Waals surface area (Å²) < 4.78 is 24.1. The molecule has 0 radical (unpaired) electrons. The van der Waals surface area contributed by atoms with Crippen molar-refractivity contribution in [2.45, 2.75) is 31.8 Å². The van der Waals surface area contributed by atoms with Crippen molar-refractivity contribution in [3.8, 4) is 5.75 Å². The second-order valence-electron chi connectivity index (χ2n) is 5.76. The highest BCUT2D eigenvalue weighted by Crippen LogP contribution is 2.19. The minimum atomic E-state index is -0.962. The van der Waals surface area contributed by atoms with Gasteiger partial charge >= 0.3 is 5.97 Å². The van der Waals surface area contributed by atoms with Crippen molar-refractivity contribution in [1.82, 2.24) is 4.90 Å². The molecular formula is C17H22FNO5. The molecule has 0 aromatic heterocycles. The number of hydrogen-bond acceptors (Lipinski definition) is 4. The molecule has 1 aliphatic rings. The third-order valence-electron chi connectivity index (χ3n) is 3.97. The van der Waals surface area contributed by atoms with Crippen molar-refractivity contribution in [3.05, 3.63) is 29.6 Å². The van der Waals surface area contributed by atoms with Gasteiger partial charge in [-0.15, -0.1) is 0 Å². The van der Waals surface area contributed by atoms with Gasteiger partial charge in [0.2, 0.25) is 5.91 Å². The Balaban J connectivity index is 2.02. The van der Waals surface area contributed by atoms with Crippen LogP contribution in [0.1, 0.15) is 24.8 Å². The van der Waals surface area contributed by atoms with Crippen LogP contribution in [-0.2, 0) is 20.7 Å². The maximum Gasteiger partial charge on any atom is 0.305 e. The van der Waals surface area contributed by atoms with Crippen LogP contribution in [0.3, 0.4) is 0 Å². The summed E-state index contributed by atoms with van der Waals surface area (Å²) in [5, 5.41) is 8.86. The number of carbonyl (C=O) groups is 2. The smallest absolute Gasteiger partial charge is 0.305 e. The highest BCUT2D eigenvalue weighted by molar-refractivity contribution is 5.79. The van der Waals surface area contributed by atoms with Gasteiger partial charge in [-0.25, -0.2) is 4.39 Å². The van der Waals surface area contributed by atoms with Crippen LogP contribution in [0.25, 0.3) is 0 Å². The van der Waals surface area contributed by atoms with Gasteiger partial charge in [-0.2, -0.15) is 0 Å². The molecule has 0 spiro atoms. The van der Waals surface area contributed by atoms with E-state index >= 15 is 0 Å². The van der Waals surface area contributed by atoms with E-state index in [1.54, 1.807) is 6.07 Å². The fraction of sp³-hybridized carbons (Fsp3) is 0.529. The Morgan fingerprint density at radius 2 is 2.25 bits per heavy atom. The molecule has 0 bridgehead atoms. The Labute approximate surface area is 140 Å². The molecular weight excluding hydrogens is 317 g/mol. The number of nitrogens with zero attached hydrogens (tertiary/aromatic N) is 1. The zero-order valence-electron chi connectivity index (χ0n) is 13.7. The molecule has 1 aromatic carbocycles. The Morgan fingerprint density at radius 1 is 1.46 bits per heavy atom. The first-order valence-electron chi connectivity index (χ1n) is 7.93. The molecule has 1 atom stereocenters. The lowest BCUT2D eigenvalue weighted by Crippen LogP contribution is -2.39. The second-order valence-corrected chi connectivity index (χ2v) is 5.76. The summed E-state index contributed by atoms with van der Waals surface area (Å²) in [6.45, 7) is 1.15. The number of benzene rings is 1. The lowest BCUT2D eigenvalue weighted by atomic mass is 10.1. The largest absolute Gasteiger partial charge is 0.494 e. The molecule has 1 saturated heterocycles. The average Bonchev–Trinajstić information content (AvgIpc) is 3.04. The zero-order valence-corrected chi connectivity index (χ0v) is 13.7. The van der Waals surface area contributed by atoms with E-state index in [1.807, 2.05) is 0 Å². The molecule has 1 aromatic rings. The van der Waals surface area contributed by atoms with E-state index in [2.05, 4.69) is 0 Å². The molecule has 1 unspecified atom stereocenters. The number of hydrogen-bond donors (Lipinski definition) is 1. The van der Waals surface area contributed by atoms with Gasteiger partial charge in [0.1, 0.15) is 0 Å². The maximum atomic E-state index is 13.7. The molecule has 1 heterocycles. The van der Waals surface area contributed by atoms with Crippen molar-refractivity contribution in [2.24, 2.45) is 0 Å². The highest BCUT2D eigenvalue weighted by atomic mass is 19.1. The van der Waals surface area contributed by atoms with E-state index in [9.17, 15) is 14.0 Å². The number of rotatable bonds is 8. The molecule has 7 heteroatoms. The fourth-order valence-corrected chi connectivity index (χ4v) is 2.69. The standard InChI is InChI=1S/C17H22FNO5/c1-23-15-5-4-12(9-14(15)18)10-16(20)19(7-6-17(21)22)11-13-3-2-8-24-13/h4-5,9,13H,2-3,6-8,10-11H2,1H3,(H,21,22). The SMILES string of the molecule is COc1ccc(CC(=O)N(CCC(=O)O)CC2CCCO2)cc1F. The number of carboxylic acids is 1. The third kappa shape index (κ3) is 5.19. The van der Waals surface area contributed by atoms with Gasteiger partial charge in [0.25, 0.3) is 0 Å². The van der Waals surface area contributed by atoms with Crippen molar-refractivity contribution in [1.29, 1.82) is 0 Å². The Bertz CT molecular complexity index is 586. The molecule has 0 saturated carbocycles. The minimum Gasteiger partial charge on any atom is -0.494 e. The van der Waals surface area contributed by atoms with Gasteiger partial charge in [0.15, 0.2) is 11.6 Å². The van der Waals surface area contributed by atoms with Crippen molar-refractivity contribution < 1.29 is 28.6 Å². The van der Waals surface area contributed by atoms with E-state index in [1.165, 1.54) is 24.1 Å².